The van der Waals surface area contributed by atoms with Gasteiger partial charge in [0.2, 0.25) is 0 Å². The lowest BCUT2D eigenvalue weighted by Gasteiger charge is -2.10. The van der Waals surface area contributed by atoms with Crippen molar-refractivity contribution in [2.75, 3.05) is 7.11 Å². The van der Waals surface area contributed by atoms with Gasteiger partial charge in [-0.15, -0.1) is 0 Å². The predicted octanol–water partition coefficient (Wildman–Crippen LogP) is 4.95. The molecule has 2 rings (SSSR count). The average Bonchev–Trinajstić information content (AvgIpc) is 2.41. The monoisotopic (exact) mass is 450 g/mol. The zero-order valence-corrected chi connectivity index (χ0v) is 14.4. The van der Waals surface area contributed by atoms with E-state index in [-0.39, 0.29) is 5.78 Å². The Morgan fingerprint density at radius 2 is 2.00 bits per heavy atom. The second-order valence-electron chi connectivity index (χ2n) is 3.78. The maximum Gasteiger partial charge on any atom is 0.198 e. The van der Waals surface area contributed by atoms with Crippen LogP contribution < -0.4 is 4.74 Å². The summed E-state index contributed by atoms with van der Waals surface area (Å²) in [5.41, 5.74) is 0.964. The lowest BCUT2D eigenvalue weighted by atomic mass is 10.0. The third kappa shape index (κ3) is 3.12. The van der Waals surface area contributed by atoms with Gasteiger partial charge in [-0.1, -0.05) is 17.7 Å². The van der Waals surface area contributed by atoms with Gasteiger partial charge in [0.15, 0.2) is 5.78 Å². The first kappa shape index (κ1) is 14.8. The van der Waals surface area contributed by atoms with E-state index < -0.39 is 0 Å². The molecule has 0 radical (unpaired) electrons. The molecule has 5 heteroatoms. The van der Waals surface area contributed by atoms with Crippen LogP contribution in [0.4, 0.5) is 0 Å². The Morgan fingerprint density at radius 1 is 1.26 bits per heavy atom. The van der Waals surface area contributed by atoms with Gasteiger partial charge in [-0.05, 0) is 68.9 Å². The molecule has 0 saturated heterocycles. The number of ether oxygens (including phenoxy) is 1. The number of methoxy groups -OCH3 is 1. The third-order valence-corrected chi connectivity index (χ3v) is 4.57. The van der Waals surface area contributed by atoms with E-state index in [9.17, 15) is 4.79 Å². The SMILES string of the molecule is COc1ccc(I)cc1C(=O)c1cccc(Br)c1Cl. The molecule has 0 saturated carbocycles. The summed E-state index contributed by atoms with van der Waals surface area (Å²) in [4.78, 5) is 12.6. The number of benzene rings is 2. The molecule has 0 spiro atoms. The summed E-state index contributed by atoms with van der Waals surface area (Å²) in [6.07, 6.45) is 0. The molecule has 0 aliphatic heterocycles. The Morgan fingerprint density at radius 3 is 2.68 bits per heavy atom. The van der Waals surface area contributed by atoms with Crippen molar-refractivity contribution in [3.63, 3.8) is 0 Å². The number of rotatable bonds is 3. The quantitative estimate of drug-likeness (QED) is 0.488. The van der Waals surface area contributed by atoms with Gasteiger partial charge in [0.1, 0.15) is 5.75 Å². The Hall–Kier alpha value is -0.590. The maximum atomic E-state index is 12.6. The summed E-state index contributed by atoms with van der Waals surface area (Å²) >= 11 is 11.6. The highest BCUT2D eigenvalue weighted by molar-refractivity contribution is 14.1. The molecule has 0 aliphatic carbocycles. The molecular weight excluding hydrogens is 442 g/mol. The van der Waals surface area contributed by atoms with Crippen LogP contribution in [0.2, 0.25) is 5.02 Å². The van der Waals surface area contributed by atoms with E-state index in [0.717, 1.165) is 3.57 Å². The molecule has 0 heterocycles. The molecule has 0 amide bonds. The Labute approximate surface area is 138 Å². The van der Waals surface area contributed by atoms with Gasteiger partial charge in [0.25, 0.3) is 0 Å². The summed E-state index contributed by atoms with van der Waals surface area (Å²) in [5, 5.41) is 0.411. The van der Waals surface area contributed by atoms with Crippen molar-refractivity contribution in [2.45, 2.75) is 0 Å². The first-order valence-electron chi connectivity index (χ1n) is 5.37. The molecule has 0 bridgehead atoms. The minimum atomic E-state index is -0.151. The van der Waals surface area contributed by atoms with E-state index in [1.165, 1.54) is 0 Å². The van der Waals surface area contributed by atoms with E-state index in [4.69, 9.17) is 16.3 Å². The van der Waals surface area contributed by atoms with Gasteiger partial charge < -0.3 is 4.74 Å². The maximum absolute atomic E-state index is 12.6. The van der Waals surface area contributed by atoms with Crippen molar-refractivity contribution in [3.05, 3.63) is 60.6 Å². The van der Waals surface area contributed by atoms with Crippen LogP contribution in [-0.2, 0) is 0 Å². The molecule has 2 aromatic carbocycles. The van der Waals surface area contributed by atoms with Crippen molar-refractivity contribution >= 4 is 55.9 Å². The van der Waals surface area contributed by atoms with Gasteiger partial charge in [0, 0.05) is 13.6 Å². The Balaban J connectivity index is 2.56. The fourth-order valence-corrected chi connectivity index (χ4v) is 2.75. The van der Waals surface area contributed by atoms with E-state index in [1.807, 2.05) is 6.07 Å². The van der Waals surface area contributed by atoms with Crippen molar-refractivity contribution in [2.24, 2.45) is 0 Å². The number of halogens is 3. The summed E-state index contributed by atoms with van der Waals surface area (Å²) in [6.45, 7) is 0. The number of hydrogen-bond acceptors (Lipinski definition) is 2. The average molecular weight is 451 g/mol. The molecule has 98 valence electrons. The third-order valence-electron chi connectivity index (χ3n) is 2.60. The van der Waals surface area contributed by atoms with Crippen LogP contribution in [0.25, 0.3) is 0 Å². The van der Waals surface area contributed by atoms with Crippen molar-refractivity contribution in [1.82, 2.24) is 0 Å². The summed E-state index contributed by atoms with van der Waals surface area (Å²) in [6, 6.07) is 10.7. The largest absolute Gasteiger partial charge is 0.496 e. The van der Waals surface area contributed by atoms with Gasteiger partial charge >= 0.3 is 0 Å². The van der Waals surface area contributed by atoms with Crippen LogP contribution >= 0.6 is 50.1 Å². The number of hydrogen-bond donors (Lipinski definition) is 0. The van der Waals surface area contributed by atoms with E-state index in [0.29, 0.717) is 26.4 Å². The Kier molecular flexibility index (Phi) is 4.86. The van der Waals surface area contributed by atoms with Gasteiger partial charge in [-0.3, -0.25) is 4.79 Å². The van der Waals surface area contributed by atoms with Gasteiger partial charge in [0.05, 0.1) is 17.7 Å². The molecule has 0 aliphatic rings. The van der Waals surface area contributed by atoms with Crippen molar-refractivity contribution < 1.29 is 9.53 Å². The summed E-state index contributed by atoms with van der Waals surface area (Å²) < 4.78 is 6.90. The van der Waals surface area contributed by atoms with Crippen LogP contribution in [-0.4, -0.2) is 12.9 Å². The zero-order valence-electron chi connectivity index (χ0n) is 9.91. The predicted molar refractivity (Wildman–Crippen MR) is 88.3 cm³/mol. The molecule has 0 unspecified atom stereocenters. The molecular formula is C14H9BrClIO2. The molecule has 2 aromatic rings. The highest BCUT2D eigenvalue weighted by Crippen LogP contribution is 2.30. The van der Waals surface area contributed by atoms with Crippen LogP contribution in [0.3, 0.4) is 0 Å². The molecule has 19 heavy (non-hydrogen) atoms. The van der Waals surface area contributed by atoms with Crippen molar-refractivity contribution in [3.8, 4) is 5.75 Å². The fourth-order valence-electron chi connectivity index (χ4n) is 1.68. The normalized spacial score (nSPS) is 10.3. The number of ketones is 1. The van der Waals surface area contributed by atoms with Crippen LogP contribution in [0.5, 0.6) is 5.75 Å². The molecule has 0 N–H and O–H groups in total. The molecule has 2 nitrogen and oxygen atoms in total. The lowest BCUT2D eigenvalue weighted by Crippen LogP contribution is -2.05. The van der Waals surface area contributed by atoms with E-state index >= 15 is 0 Å². The molecule has 0 fully saturated rings. The topological polar surface area (TPSA) is 26.3 Å². The van der Waals surface area contributed by atoms with Gasteiger partial charge in [-0.2, -0.15) is 0 Å². The minimum absolute atomic E-state index is 0.151. The zero-order chi connectivity index (χ0) is 14.0. The lowest BCUT2D eigenvalue weighted by molar-refractivity contribution is 0.103. The summed E-state index contributed by atoms with van der Waals surface area (Å²) in [5.74, 6) is 0.392. The second kappa shape index (κ2) is 6.24. The van der Waals surface area contributed by atoms with Crippen LogP contribution in [0.1, 0.15) is 15.9 Å². The highest BCUT2D eigenvalue weighted by Gasteiger charge is 2.18. The first-order chi connectivity index (χ1) is 9.04. The smallest absolute Gasteiger partial charge is 0.198 e. The van der Waals surface area contributed by atoms with E-state index in [2.05, 4.69) is 38.5 Å². The minimum Gasteiger partial charge on any atom is -0.496 e. The number of carbonyl (C=O) groups is 1. The number of carbonyl (C=O) groups excluding carboxylic acids is 1. The Bertz CT molecular complexity index is 643. The van der Waals surface area contributed by atoms with Crippen LogP contribution in [0, 0.1) is 3.57 Å². The van der Waals surface area contributed by atoms with Gasteiger partial charge in [-0.25, -0.2) is 0 Å². The van der Waals surface area contributed by atoms with Crippen molar-refractivity contribution in [1.29, 1.82) is 0 Å². The summed E-state index contributed by atoms with van der Waals surface area (Å²) in [7, 11) is 1.54. The van der Waals surface area contributed by atoms with E-state index in [1.54, 1.807) is 37.4 Å². The first-order valence-corrected chi connectivity index (χ1v) is 7.62. The standard InChI is InChI=1S/C14H9BrClIO2/c1-19-12-6-5-8(17)7-10(12)14(18)9-3-2-4-11(15)13(9)16/h2-7H,1H3. The fraction of sp³-hybridized carbons (Fsp3) is 0.0714. The highest BCUT2D eigenvalue weighted by atomic mass is 127. The van der Waals surface area contributed by atoms with Crippen LogP contribution in [0.15, 0.2) is 40.9 Å². The molecule has 0 aromatic heterocycles. The second-order valence-corrected chi connectivity index (χ2v) is 6.25. The molecule has 0 atom stereocenters.